The number of hydrazine groups is 1. The minimum absolute atomic E-state index is 0.106. The van der Waals surface area contributed by atoms with Gasteiger partial charge in [0.1, 0.15) is 4.87 Å². The topological polar surface area (TPSA) is 69.6 Å². The van der Waals surface area contributed by atoms with E-state index in [0.717, 1.165) is 25.7 Å². The van der Waals surface area contributed by atoms with Crippen LogP contribution in [-0.2, 0) is 15.2 Å². The molecular weight excluding hydrogens is 396 g/mol. The van der Waals surface area contributed by atoms with Crippen LogP contribution in [0, 0.1) is 5.92 Å². The minimum atomic E-state index is -1.90. The van der Waals surface area contributed by atoms with Crippen LogP contribution in [0.4, 0.5) is 0 Å². The summed E-state index contributed by atoms with van der Waals surface area (Å²) in [6, 6.07) is 17.8. The summed E-state index contributed by atoms with van der Waals surface area (Å²) in [5.74, 6) is -0.239. The molecule has 0 radical (unpaired) electrons. The Labute approximate surface area is 181 Å². The maximum Gasteiger partial charge on any atom is 0.279 e. The molecule has 2 aliphatic rings. The lowest BCUT2D eigenvalue weighted by molar-refractivity contribution is -0.153. The van der Waals surface area contributed by atoms with Crippen LogP contribution in [-0.4, -0.2) is 32.1 Å². The molecule has 2 N–H and O–H groups in total. The molecule has 6 heteroatoms. The van der Waals surface area contributed by atoms with Gasteiger partial charge in [-0.3, -0.25) is 15.0 Å². The summed E-state index contributed by atoms with van der Waals surface area (Å²) in [6.07, 6.45) is 3.82. The Hall–Kier alpha value is -2.31. The minimum Gasteiger partial charge on any atom is -0.372 e. The van der Waals surface area contributed by atoms with E-state index in [2.05, 4.69) is 12.3 Å². The summed E-state index contributed by atoms with van der Waals surface area (Å²) < 4.78 is 0. The number of hydrogen-bond donors (Lipinski definition) is 2. The molecule has 1 aliphatic heterocycles. The van der Waals surface area contributed by atoms with Crippen molar-refractivity contribution in [2.75, 3.05) is 0 Å². The van der Waals surface area contributed by atoms with Gasteiger partial charge < -0.3 is 5.11 Å². The number of carbonyl (C=O) groups is 2. The monoisotopic (exact) mass is 424 g/mol. The van der Waals surface area contributed by atoms with E-state index < -0.39 is 16.4 Å². The number of nitrogens with one attached hydrogen (secondary N) is 1. The molecule has 1 spiro atoms. The average Bonchev–Trinajstić information content (AvgIpc) is 2.97. The number of benzene rings is 2. The van der Waals surface area contributed by atoms with Crippen LogP contribution in [0.2, 0.25) is 0 Å². The van der Waals surface area contributed by atoms with Crippen molar-refractivity contribution in [1.82, 2.24) is 10.4 Å². The van der Waals surface area contributed by atoms with Crippen molar-refractivity contribution in [2.45, 2.75) is 55.3 Å². The fourth-order valence-corrected chi connectivity index (χ4v) is 6.48. The molecule has 5 nitrogen and oxygen atoms in total. The molecule has 4 rings (SSSR count). The molecule has 0 bridgehead atoms. The van der Waals surface area contributed by atoms with E-state index in [1.807, 2.05) is 19.1 Å². The van der Waals surface area contributed by atoms with Gasteiger partial charge in [-0.1, -0.05) is 74.0 Å². The second-order valence-corrected chi connectivity index (χ2v) is 10.2. The number of hydrogen-bond acceptors (Lipinski definition) is 4. The van der Waals surface area contributed by atoms with Crippen LogP contribution >= 0.6 is 11.8 Å². The van der Waals surface area contributed by atoms with Crippen molar-refractivity contribution in [3.8, 4) is 0 Å². The normalized spacial score (nSPS) is 26.8. The Morgan fingerprint density at radius 3 is 2.20 bits per heavy atom. The van der Waals surface area contributed by atoms with Gasteiger partial charge in [-0.25, -0.2) is 5.01 Å². The third kappa shape index (κ3) is 3.52. The first kappa shape index (κ1) is 20.9. The summed E-state index contributed by atoms with van der Waals surface area (Å²) in [5.41, 5.74) is 1.88. The molecule has 2 aromatic carbocycles. The number of aliphatic hydroxyl groups is 1. The number of nitrogens with zero attached hydrogens (tertiary/aromatic N) is 1. The molecule has 3 atom stereocenters. The zero-order valence-corrected chi connectivity index (χ0v) is 18.2. The highest BCUT2D eigenvalue weighted by molar-refractivity contribution is 8.02. The number of carbonyl (C=O) groups excluding carboxylic acids is 2. The van der Waals surface area contributed by atoms with Gasteiger partial charge >= 0.3 is 0 Å². The maximum absolute atomic E-state index is 13.6. The lowest BCUT2D eigenvalue weighted by Crippen LogP contribution is -2.60. The number of amides is 2. The summed E-state index contributed by atoms with van der Waals surface area (Å²) in [6.45, 7) is 4.08. The van der Waals surface area contributed by atoms with Crippen LogP contribution in [0.5, 0.6) is 0 Å². The Morgan fingerprint density at radius 2 is 1.67 bits per heavy atom. The molecule has 2 fully saturated rings. The van der Waals surface area contributed by atoms with Gasteiger partial charge in [-0.2, -0.15) is 0 Å². The van der Waals surface area contributed by atoms with E-state index in [0.29, 0.717) is 17.0 Å². The van der Waals surface area contributed by atoms with Crippen LogP contribution in [0.15, 0.2) is 60.7 Å². The lowest BCUT2D eigenvalue weighted by Gasteiger charge is -2.43. The maximum atomic E-state index is 13.6. The fraction of sp³-hybridized carbons (Fsp3) is 0.417. The predicted octanol–water partition coefficient (Wildman–Crippen LogP) is 3.82. The van der Waals surface area contributed by atoms with Gasteiger partial charge in [0, 0.05) is 0 Å². The molecule has 1 aliphatic carbocycles. The molecule has 1 heterocycles. The largest absolute Gasteiger partial charge is 0.372 e. The van der Waals surface area contributed by atoms with Crippen molar-refractivity contribution in [2.24, 2.45) is 5.92 Å². The highest BCUT2D eigenvalue weighted by Crippen LogP contribution is 2.50. The predicted molar refractivity (Wildman–Crippen MR) is 118 cm³/mol. The molecule has 2 aromatic rings. The Bertz CT molecular complexity index is 881. The molecule has 30 heavy (non-hydrogen) atoms. The number of thioether (sulfide) groups is 1. The van der Waals surface area contributed by atoms with Crippen molar-refractivity contribution < 1.29 is 14.7 Å². The number of rotatable bonds is 4. The van der Waals surface area contributed by atoms with Crippen LogP contribution in [0.25, 0.3) is 0 Å². The smallest absolute Gasteiger partial charge is 0.279 e. The Morgan fingerprint density at radius 1 is 1.10 bits per heavy atom. The van der Waals surface area contributed by atoms with Crippen molar-refractivity contribution in [1.29, 1.82) is 0 Å². The average molecular weight is 425 g/mol. The quantitative estimate of drug-likeness (QED) is 0.783. The fourth-order valence-electron chi connectivity index (χ4n) is 4.73. The standard InChI is InChI=1S/C24H28N2O3S/c1-17-10-9-15-23(16-17)26(21(27)18(2)30-23)25-22(28)24(29,19-11-5-3-6-12-19)20-13-7-4-8-14-20/h3-8,11-14,17-18,29H,9-10,15-16H2,1-2H3,(H,25,28). The van der Waals surface area contributed by atoms with Gasteiger partial charge in [0.2, 0.25) is 0 Å². The second-order valence-electron chi connectivity index (χ2n) is 8.46. The molecule has 1 saturated heterocycles. The lowest BCUT2D eigenvalue weighted by atomic mass is 9.85. The van der Waals surface area contributed by atoms with Gasteiger partial charge in [0.15, 0.2) is 5.60 Å². The van der Waals surface area contributed by atoms with Crippen LogP contribution < -0.4 is 5.43 Å². The highest BCUT2D eigenvalue weighted by Gasteiger charge is 2.54. The zero-order chi connectivity index (χ0) is 21.4. The molecular formula is C24H28N2O3S. The Balaban J connectivity index is 1.71. The van der Waals surface area contributed by atoms with E-state index in [-0.39, 0.29) is 11.2 Å². The first-order valence-corrected chi connectivity index (χ1v) is 11.4. The summed E-state index contributed by atoms with van der Waals surface area (Å²) >= 11 is 1.63. The van der Waals surface area contributed by atoms with E-state index in [1.54, 1.807) is 60.3 Å². The van der Waals surface area contributed by atoms with Crippen molar-refractivity contribution >= 4 is 23.6 Å². The molecule has 0 aromatic heterocycles. The molecule has 158 valence electrons. The first-order valence-electron chi connectivity index (χ1n) is 10.5. The first-order chi connectivity index (χ1) is 14.4. The van der Waals surface area contributed by atoms with E-state index in [1.165, 1.54) is 5.01 Å². The van der Waals surface area contributed by atoms with Gasteiger partial charge in [-0.15, -0.1) is 11.8 Å². The summed E-state index contributed by atoms with van der Waals surface area (Å²) in [4.78, 5) is 26.2. The van der Waals surface area contributed by atoms with E-state index in [9.17, 15) is 14.7 Å². The van der Waals surface area contributed by atoms with E-state index in [4.69, 9.17) is 0 Å². The summed E-state index contributed by atoms with van der Waals surface area (Å²) in [5, 5.41) is 13.0. The Kier molecular flexibility index (Phi) is 5.64. The van der Waals surface area contributed by atoms with E-state index >= 15 is 0 Å². The van der Waals surface area contributed by atoms with Crippen LogP contribution in [0.3, 0.4) is 0 Å². The zero-order valence-electron chi connectivity index (χ0n) is 17.4. The van der Waals surface area contributed by atoms with Gasteiger partial charge in [-0.05, 0) is 43.2 Å². The highest BCUT2D eigenvalue weighted by atomic mass is 32.2. The third-order valence-electron chi connectivity index (χ3n) is 6.23. The molecule has 3 unspecified atom stereocenters. The molecule has 1 saturated carbocycles. The second kappa shape index (κ2) is 8.08. The van der Waals surface area contributed by atoms with Crippen molar-refractivity contribution in [3.05, 3.63) is 71.8 Å². The summed E-state index contributed by atoms with van der Waals surface area (Å²) in [7, 11) is 0. The van der Waals surface area contributed by atoms with Gasteiger partial charge in [0.05, 0.1) is 5.25 Å². The van der Waals surface area contributed by atoms with Crippen LogP contribution in [0.1, 0.15) is 50.7 Å². The molecule has 2 amide bonds. The van der Waals surface area contributed by atoms with Gasteiger partial charge in [0.25, 0.3) is 11.8 Å². The van der Waals surface area contributed by atoms with Crippen molar-refractivity contribution in [3.63, 3.8) is 0 Å². The third-order valence-corrected chi connectivity index (χ3v) is 7.78. The SMILES string of the molecule is CC1CCCC2(C1)SC(C)C(=O)N2NC(=O)C(O)(c1ccccc1)c1ccccc1.